The monoisotopic (exact) mass is 478 g/mol. The van der Waals surface area contributed by atoms with Crippen LogP contribution in [-0.4, -0.2) is 34.8 Å². The third-order valence-corrected chi connectivity index (χ3v) is 7.34. The fraction of sp³-hybridized carbons (Fsp3) is 0. The smallest absolute Gasteiger partial charge is 0.335 e. The van der Waals surface area contributed by atoms with Gasteiger partial charge in [0.25, 0.3) is 10.0 Å². The Morgan fingerprint density at radius 1 is 0.879 bits per heavy atom. The Morgan fingerprint density at radius 3 is 2.39 bits per heavy atom. The fourth-order valence-electron chi connectivity index (χ4n) is 3.29. The molecule has 164 valence electrons. The van der Waals surface area contributed by atoms with Crippen molar-refractivity contribution in [2.75, 3.05) is 4.72 Å². The average Bonchev–Trinajstić information content (AvgIpc) is 3.30. The van der Waals surface area contributed by atoms with Crippen LogP contribution in [0.15, 0.2) is 92.2 Å². The number of benzene rings is 3. The topological polar surface area (TPSA) is 135 Å². The molecular formula is C22H14N4O5S2. The van der Waals surface area contributed by atoms with Crippen molar-refractivity contribution in [3.63, 3.8) is 0 Å². The van der Waals surface area contributed by atoms with Gasteiger partial charge in [0.05, 0.1) is 11.1 Å². The summed E-state index contributed by atoms with van der Waals surface area (Å²) in [6.45, 7) is 0. The summed E-state index contributed by atoms with van der Waals surface area (Å²) in [7, 11) is -4.05. The van der Waals surface area contributed by atoms with Crippen molar-refractivity contribution in [3.05, 3.63) is 78.5 Å². The second-order valence-electron chi connectivity index (χ2n) is 6.94. The summed E-state index contributed by atoms with van der Waals surface area (Å²) < 4.78 is 33.3. The van der Waals surface area contributed by atoms with Gasteiger partial charge in [0, 0.05) is 27.1 Å². The highest BCUT2D eigenvalue weighted by Gasteiger charge is 2.23. The Bertz CT molecular complexity index is 1610. The Morgan fingerprint density at radius 2 is 1.61 bits per heavy atom. The van der Waals surface area contributed by atoms with Crippen LogP contribution in [0.1, 0.15) is 10.4 Å². The van der Waals surface area contributed by atoms with Gasteiger partial charge >= 0.3 is 5.97 Å². The van der Waals surface area contributed by atoms with E-state index in [1.807, 2.05) is 30.3 Å². The second kappa shape index (κ2) is 8.19. The number of nitrogens with one attached hydrogen (secondary N) is 1. The van der Waals surface area contributed by atoms with Crippen LogP contribution < -0.4 is 4.72 Å². The van der Waals surface area contributed by atoms with E-state index in [9.17, 15) is 13.2 Å². The molecule has 0 saturated heterocycles. The first-order valence-electron chi connectivity index (χ1n) is 9.55. The van der Waals surface area contributed by atoms with Crippen LogP contribution in [0.25, 0.3) is 21.9 Å². The minimum absolute atomic E-state index is 0.0466. The van der Waals surface area contributed by atoms with E-state index < -0.39 is 16.0 Å². The fourth-order valence-corrected chi connectivity index (χ4v) is 5.50. The normalized spacial score (nSPS) is 11.6. The lowest BCUT2D eigenvalue weighted by atomic mass is 10.2. The third-order valence-electron chi connectivity index (χ3n) is 4.83. The standard InChI is InChI=1S/C22H14N4O5S2/c27-22(28)14-6-8-15(9-7-14)26-33(29,30)18-11-10-17(20-21(18)25-31-24-20)32-16-5-1-3-13-4-2-12-23-19(13)16/h1-12,26H,(H,27,28). The summed E-state index contributed by atoms with van der Waals surface area (Å²) in [5, 5.41) is 17.7. The number of para-hydroxylation sites is 1. The van der Waals surface area contributed by atoms with E-state index in [0.29, 0.717) is 10.4 Å². The molecule has 9 nitrogen and oxygen atoms in total. The van der Waals surface area contributed by atoms with Crippen LogP contribution in [0.5, 0.6) is 0 Å². The molecule has 0 aliphatic heterocycles. The summed E-state index contributed by atoms with van der Waals surface area (Å²) in [6, 6.07) is 18.1. The van der Waals surface area contributed by atoms with Crippen LogP contribution in [0, 0.1) is 0 Å². The maximum Gasteiger partial charge on any atom is 0.335 e. The lowest BCUT2D eigenvalue weighted by Gasteiger charge is -2.10. The first-order chi connectivity index (χ1) is 15.9. The molecule has 5 rings (SSSR count). The molecular weight excluding hydrogens is 464 g/mol. The van der Waals surface area contributed by atoms with E-state index in [1.165, 1.54) is 42.1 Å². The number of rotatable bonds is 6. The largest absolute Gasteiger partial charge is 0.478 e. The summed E-state index contributed by atoms with van der Waals surface area (Å²) in [5.74, 6) is -1.10. The number of aromatic carboxylic acids is 1. The van der Waals surface area contributed by atoms with Gasteiger partial charge in [0.2, 0.25) is 0 Å². The van der Waals surface area contributed by atoms with Crippen molar-refractivity contribution in [3.8, 4) is 0 Å². The molecule has 3 aromatic carbocycles. The highest BCUT2D eigenvalue weighted by atomic mass is 32.2. The van der Waals surface area contributed by atoms with Crippen LogP contribution in [0.3, 0.4) is 0 Å². The first-order valence-corrected chi connectivity index (χ1v) is 11.9. The van der Waals surface area contributed by atoms with E-state index in [2.05, 4.69) is 20.0 Å². The van der Waals surface area contributed by atoms with Gasteiger partial charge in [-0.25, -0.2) is 17.8 Å². The number of hydrogen-bond acceptors (Lipinski definition) is 8. The number of nitrogens with zero attached hydrogens (tertiary/aromatic N) is 3. The van der Waals surface area contributed by atoms with Crippen LogP contribution >= 0.6 is 11.8 Å². The van der Waals surface area contributed by atoms with Gasteiger partial charge in [0.15, 0.2) is 11.0 Å². The second-order valence-corrected chi connectivity index (χ2v) is 9.68. The molecule has 0 fully saturated rings. The van der Waals surface area contributed by atoms with Gasteiger partial charge in [0.1, 0.15) is 4.90 Å². The van der Waals surface area contributed by atoms with Gasteiger partial charge < -0.3 is 5.11 Å². The molecule has 0 amide bonds. The third kappa shape index (κ3) is 3.99. The Hall–Kier alpha value is -3.96. The molecule has 0 radical (unpaired) electrons. The van der Waals surface area contributed by atoms with Gasteiger partial charge in [-0.3, -0.25) is 9.71 Å². The van der Waals surface area contributed by atoms with Crippen LogP contribution in [-0.2, 0) is 10.0 Å². The maximum absolute atomic E-state index is 13.0. The maximum atomic E-state index is 13.0. The number of pyridine rings is 1. The van der Waals surface area contributed by atoms with Gasteiger partial charge in [-0.15, -0.1) is 0 Å². The first kappa shape index (κ1) is 20.9. The number of carboxylic acids is 1. The predicted octanol–water partition coefficient (Wildman–Crippen LogP) is 4.42. The number of sulfonamides is 1. The van der Waals surface area contributed by atoms with Crippen molar-refractivity contribution in [2.24, 2.45) is 0 Å². The molecule has 0 unspecified atom stereocenters. The van der Waals surface area contributed by atoms with Crippen molar-refractivity contribution in [1.29, 1.82) is 0 Å². The van der Waals surface area contributed by atoms with E-state index in [4.69, 9.17) is 9.74 Å². The SMILES string of the molecule is O=C(O)c1ccc(NS(=O)(=O)c2ccc(Sc3cccc4cccnc34)c3nonc23)cc1. The lowest BCUT2D eigenvalue weighted by molar-refractivity contribution is 0.0697. The number of hydrogen-bond donors (Lipinski definition) is 2. The van der Waals surface area contributed by atoms with Crippen molar-refractivity contribution in [2.45, 2.75) is 14.7 Å². The molecule has 0 spiro atoms. The number of aromatic nitrogens is 3. The molecule has 0 aliphatic rings. The lowest BCUT2D eigenvalue weighted by Crippen LogP contribution is -2.13. The zero-order valence-corrected chi connectivity index (χ0v) is 18.3. The Balaban J connectivity index is 1.50. The molecule has 0 aliphatic carbocycles. The quantitative estimate of drug-likeness (QED) is 0.363. The Kier molecular flexibility index (Phi) is 5.19. The minimum atomic E-state index is -4.05. The molecule has 0 bridgehead atoms. The molecule has 33 heavy (non-hydrogen) atoms. The van der Waals surface area contributed by atoms with Crippen molar-refractivity contribution in [1.82, 2.24) is 15.3 Å². The van der Waals surface area contributed by atoms with Crippen LogP contribution in [0.2, 0.25) is 0 Å². The molecule has 2 N–H and O–H groups in total. The van der Waals surface area contributed by atoms with Gasteiger partial charge in [-0.1, -0.05) is 30.0 Å². The zero-order chi connectivity index (χ0) is 23.0. The van der Waals surface area contributed by atoms with E-state index in [-0.39, 0.29) is 21.7 Å². The van der Waals surface area contributed by atoms with Gasteiger partial charge in [-0.05, 0) is 58.8 Å². The van der Waals surface area contributed by atoms with E-state index in [0.717, 1.165) is 15.8 Å². The average molecular weight is 479 g/mol. The highest BCUT2D eigenvalue weighted by Crippen LogP contribution is 2.37. The predicted molar refractivity (Wildman–Crippen MR) is 122 cm³/mol. The summed E-state index contributed by atoms with van der Waals surface area (Å²) in [4.78, 5) is 16.9. The van der Waals surface area contributed by atoms with Crippen molar-refractivity contribution >= 4 is 55.4 Å². The van der Waals surface area contributed by atoms with E-state index in [1.54, 1.807) is 12.3 Å². The molecule has 0 atom stereocenters. The Labute approximate surface area is 191 Å². The van der Waals surface area contributed by atoms with E-state index >= 15 is 0 Å². The molecule has 11 heteroatoms. The van der Waals surface area contributed by atoms with Crippen molar-refractivity contribution < 1.29 is 22.9 Å². The molecule has 0 saturated carbocycles. The van der Waals surface area contributed by atoms with Gasteiger partial charge in [-0.2, -0.15) is 0 Å². The molecule has 2 heterocycles. The summed E-state index contributed by atoms with van der Waals surface area (Å²) >= 11 is 1.38. The minimum Gasteiger partial charge on any atom is -0.478 e. The highest BCUT2D eigenvalue weighted by molar-refractivity contribution is 7.99. The number of anilines is 1. The molecule has 5 aromatic rings. The number of carbonyl (C=O) groups is 1. The number of carboxylic acid groups (broad SMARTS) is 1. The van der Waals surface area contributed by atoms with Crippen LogP contribution in [0.4, 0.5) is 5.69 Å². The zero-order valence-electron chi connectivity index (χ0n) is 16.7. The summed E-state index contributed by atoms with van der Waals surface area (Å²) in [6.07, 6.45) is 1.71. The molecule has 2 aromatic heterocycles. The number of fused-ring (bicyclic) bond motifs is 2. The summed E-state index contributed by atoms with van der Waals surface area (Å²) in [5.41, 5.74) is 1.47.